The lowest BCUT2D eigenvalue weighted by Crippen LogP contribution is -2.43. The molecule has 1 N–H and O–H groups in total. The molecular formula is C15H20BrClN2. The molecule has 2 unspecified atom stereocenters. The highest BCUT2D eigenvalue weighted by molar-refractivity contribution is 9.10. The van der Waals surface area contributed by atoms with Gasteiger partial charge in [0.15, 0.2) is 0 Å². The first kappa shape index (κ1) is 13.9. The average molecular weight is 344 g/mol. The third-order valence-electron chi connectivity index (χ3n) is 4.36. The third kappa shape index (κ3) is 3.15. The molecular weight excluding hydrogens is 324 g/mol. The Morgan fingerprint density at radius 3 is 3.00 bits per heavy atom. The molecule has 3 rings (SSSR count). The van der Waals surface area contributed by atoms with Crippen molar-refractivity contribution >= 4 is 27.5 Å². The Labute approximate surface area is 128 Å². The summed E-state index contributed by atoms with van der Waals surface area (Å²) in [6.07, 6.45) is 5.31. The highest BCUT2D eigenvalue weighted by atomic mass is 79.9. The van der Waals surface area contributed by atoms with Crippen molar-refractivity contribution in [2.75, 3.05) is 13.1 Å². The van der Waals surface area contributed by atoms with E-state index >= 15 is 0 Å². The van der Waals surface area contributed by atoms with E-state index in [0.717, 1.165) is 11.6 Å². The number of hydrogen-bond acceptors (Lipinski definition) is 2. The summed E-state index contributed by atoms with van der Waals surface area (Å²) in [7, 11) is 0. The van der Waals surface area contributed by atoms with Crippen molar-refractivity contribution in [1.29, 1.82) is 0 Å². The monoisotopic (exact) mass is 342 g/mol. The summed E-state index contributed by atoms with van der Waals surface area (Å²) >= 11 is 9.75. The average Bonchev–Trinajstić information content (AvgIpc) is 3.03. The minimum atomic E-state index is 0.695. The van der Waals surface area contributed by atoms with E-state index in [1.165, 1.54) is 48.8 Å². The first-order valence-corrected chi connectivity index (χ1v) is 8.32. The van der Waals surface area contributed by atoms with Crippen molar-refractivity contribution in [2.24, 2.45) is 0 Å². The molecule has 1 aromatic carbocycles. The van der Waals surface area contributed by atoms with E-state index in [1.54, 1.807) is 0 Å². The van der Waals surface area contributed by atoms with E-state index in [-0.39, 0.29) is 0 Å². The van der Waals surface area contributed by atoms with Crippen LogP contribution in [-0.4, -0.2) is 30.1 Å². The minimum Gasteiger partial charge on any atom is -0.312 e. The van der Waals surface area contributed by atoms with E-state index in [4.69, 9.17) is 11.6 Å². The number of rotatable bonds is 3. The largest absolute Gasteiger partial charge is 0.312 e. The van der Waals surface area contributed by atoms with Crippen LogP contribution in [0, 0.1) is 0 Å². The molecule has 4 heteroatoms. The van der Waals surface area contributed by atoms with Gasteiger partial charge in [0, 0.05) is 28.1 Å². The van der Waals surface area contributed by atoms with E-state index in [1.807, 2.05) is 6.07 Å². The summed E-state index contributed by atoms with van der Waals surface area (Å²) < 4.78 is 1.17. The molecule has 2 saturated heterocycles. The third-order valence-corrected chi connectivity index (χ3v) is 5.37. The molecule has 2 fully saturated rings. The van der Waals surface area contributed by atoms with Crippen molar-refractivity contribution in [1.82, 2.24) is 10.2 Å². The zero-order chi connectivity index (χ0) is 13.2. The fourth-order valence-electron chi connectivity index (χ4n) is 3.43. The summed E-state index contributed by atoms with van der Waals surface area (Å²) in [6, 6.07) is 7.48. The quantitative estimate of drug-likeness (QED) is 0.897. The van der Waals surface area contributed by atoms with Gasteiger partial charge in [0.05, 0.1) is 0 Å². The number of benzene rings is 1. The van der Waals surface area contributed by atoms with Crippen LogP contribution in [0.15, 0.2) is 22.7 Å². The lowest BCUT2D eigenvalue weighted by molar-refractivity contribution is 0.206. The molecule has 1 aromatic rings. The van der Waals surface area contributed by atoms with E-state index < -0.39 is 0 Å². The van der Waals surface area contributed by atoms with Crippen LogP contribution in [0.2, 0.25) is 5.02 Å². The van der Waals surface area contributed by atoms with Gasteiger partial charge in [-0.15, -0.1) is 0 Å². The Balaban J connectivity index is 1.72. The molecule has 2 heterocycles. The zero-order valence-electron chi connectivity index (χ0n) is 11.0. The Hall–Kier alpha value is -0.0900. The molecule has 0 aromatic heterocycles. The number of nitrogens with one attached hydrogen (secondary N) is 1. The Kier molecular flexibility index (Phi) is 4.47. The van der Waals surface area contributed by atoms with Gasteiger partial charge in [-0.25, -0.2) is 0 Å². The first-order valence-electron chi connectivity index (χ1n) is 7.15. The molecule has 19 heavy (non-hydrogen) atoms. The molecule has 0 saturated carbocycles. The number of hydrogen-bond donors (Lipinski definition) is 1. The normalized spacial score (nSPS) is 28.1. The van der Waals surface area contributed by atoms with Gasteiger partial charge in [-0.2, -0.15) is 0 Å². The van der Waals surface area contributed by atoms with E-state index in [0.29, 0.717) is 12.1 Å². The molecule has 2 nitrogen and oxygen atoms in total. The predicted octanol–water partition coefficient (Wildman–Crippen LogP) is 3.82. The Morgan fingerprint density at radius 1 is 1.32 bits per heavy atom. The van der Waals surface area contributed by atoms with Gasteiger partial charge < -0.3 is 5.32 Å². The molecule has 0 amide bonds. The minimum absolute atomic E-state index is 0.695. The van der Waals surface area contributed by atoms with Crippen molar-refractivity contribution in [3.8, 4) is 0 Å². The van der Waals surface area contributed by atoms with Crippen LogP contribution in [0.1, 0.15) is 31.2 Å². The summed E-state index contributed by atoms with van der Waals surface area (Å²) in [5.41, 5.74) is 1.30. The number of halogens is 2. The molecule has 0 radical (unpaired) electrons. The molecule has 104 valence electrons. The highest BCUT2D eigenvalue weighted by Gasteiger charge is 2.33. The second-order valence-electron chi connectivity index (χ2n) is 5.62. The van der Waals surface area contributed by atoms with Crippen molar-refractivity contribution in [3.05, 3.63) is 33.3 Å². The van der Waals surface area contributed by atoms with Gasteiger partial charge in [0.1, 0.15) is 0 Å². The number of likely N-dealkylation sites (tertiary alicyclic amines) is 1. The summed E-state index contributed by atoms with van der Waals surface area (Å²) in [5.74, 6) is 0. The highest BCUT2D eigenvalue weighted by Crippen LogP contribution is 2.29. The Morgan fingerprint density at radius 2 is 2.21 bits per heavy atom. The van der Waals surface area contributed by atoms with Crippen LogP contribution in [0.3, 0.4) is 0 Å². The standard InChI is InChI=1S/C15H20BrClN2/c16-13-6-5-12(17)9-11(13)10-19-8-2-4-15(19)14-3-1-7-18-14/h5-6,9,14-15,18H,1-4,7-8,10H2. The molecule has 2 aliphatic rings. The molecule has 2 atom stereocenters. The van der Waals surface area contributed by atoms with Gasteiger partial charge in [-0.3, -0.25) is 4.90 Å². The maximum Gasteiger partial charge on any atom is 0.0410 e. The van der Waals surface area contributed by atoms with Crippen LogP contribution >= 0.6 is 27.5 Å². The van der Waals surface area contributed by atoms with Crippen LogP contribution in [-0.2, 0) is 6.54 Å². The lowest BCUT2D eigenvalue weighted by atomic mass is 10.0. The smallest absolute Gasteiger partial charge is 0.0410 e. The maximum absolute atomic E-state index is 6.11. The topological polar surface area (TPSA) is 15.3 Å². The SMILES string of the molecule is Clc1ccc(Br)c(CN2CCCC2C2CCCN2)c1. The van der Waals surface area contributed by atoms with Gasteiger partial charge in [0.2, 0.25) is 0 Å². The second kappa shape index (κ2) is 6.13. The summed E-state index contributed by atoms with van der Waals surface area (Å²) in [6.45, 7) is 3.40. The van der Waals surface area contributed by atoms with Crippen molar-refractivity contribution in [2.45, 2.75) is 44.3 Å². The van der Waals surface area contributed by atoms with Crippen LogP contribution in [0.4, 0.5) is 0 Å². The van der Waals surface area contributed by atoms with Crippen LogP contribution in [0.25, 0.3) is 0 Å². The van der Waals surface area contributed by atoms with E-state index in [9.17, 15) is 0 Å². The van der Waals surface area contributed by atoms with Crippen molar-refractivity contribution in [3.63, 3.8) is 0 Å². The maximum atomic E-state index is 6.11. The van der Waals surface area contributed by atoms with Gasteiger partial charge in [-0.05, 0) is 62.5 Å². The fourth-order valence-corrected chi connectivity index (χ4v) is 3.99. The van der Waals surface area contributed by atoms with Crippen LogP contribution in [0.5, 0.6) is 0 Å². The summed E-state index contributed by atoms with van der Waals surface area (Å²) in [5, 5.41) is 4.49. The zero-order valence-corrected chi connectivity index (χ0v) is 13.4. The second-order valence-corrected chi connectivity index (χ2v) is 6.91. The lowest BCUT2D eigenvalue weighted by Gasteiger charge is -2.29. The number of nitrogens with zero attached hydrogens (tertiary/aromatic N) is 1. The summed E-state index contributed by atoms with van der Waals surface area (Å²) in [4.78, 5) is 2.62. The molecule has 0 spiro atoms. The van der Waals surface area contributed by atoms with Crippen molar-refractivity contribution < 1.29 is 0 Å². The first-order chi connectivity index (χ1) is 9.24. The van der Waals surface area contributed by atoms with Crippen LogP contribution < -0.4 is 5.32 Å². The molecule has 2 aliphatic heterocycles. The fraction of sp³-hybridized carbons (Fsp3) is 0.600. The van der Waals surface area contributed by atoms with Gasteiger partial charge in [0.25, 0.3) is 0 Å². The van der Waals surface area contributed by atoms with Gasteiger partial charge in [-0.1, -0.05) is 27.5 Å². The van der Waals surface area contributed by atoms with E-state index in [2.05, 4.69) is 38.3 Å². The Bertz CT molecular complexity index is 446. The predicted molar refractivity (Wildman–Crippen MR) is 83.6 cm³/mol. The van der Waals surface area contributed by atoms with Gasteiger partial charge >= 0.3 is 0 Å². The molecule has 0 bridgehead atoms. The molecule has 0 aliphatic carbocycles.